The summed E-state index contributed by atoms with van der Waals surface area (Å²) in [6.07, 6.45) is 3.63. The van der Waals surface area contributed by atoms with E-state index in [0.29, 0.717) is 31.8 Å². The molecule has 0 bridgehead atoms. The number of hydrogen-bond acceptors (Lipinski definition) is 3. The SMILES string of the molecule is CC(C)CC(CN)CC(=O)N1CCCC[C@H]1C(=O)O. The Kier molecular flexibility index (Phi) is 6.28. The lowest BCUT2D eigenvalue weighted by Crippen LogP contribution is -2.48. The molecule has 19 heavy (non-hydrogen) atoms. The minimum absolute atomic E-state index is 0.0526. The lowest BCUT2D eigenvalue weighted by Gasteiger charge is -2.34. The van der Waals surface area contributed by atoms with Gasteiger partial charge in [0.05, 0.1) is 0 Å². The molecule has 2 atom stereocenters. The average Bonchev–Trinajstić information content (AvgIpc) is 2.37. The molecule has 1 unspecified atom stereocenters. The molecular formula is C14H26N2O3. The zero-order chi connectivity index (χ0) is 14.4. The summed E-state index contributed by atoms with van der Waals surface area (Å²) in [4.78, 5) is 25.0. The Morgan fingerprint density at radius 3 is 2.58 bits per heavy atom. The van der Waals surface area contributed by atoms with Crippen molar-refractivity contribution in [3.8, 4) is 0 Å². The first kappa shape index (κ1) is 16.0. The van der Waals surface area contributed by atoms with E-state index in [0.717, 1.165) is 19.3 Å². The molecule has 0 aromatic heterocycles. The predicted molar refractivity (Wildman–Crippen MR) is 73.6 cm³/mol. The van der Waals surface area contributed by atoms with E-state index in [-0.39, 0.29) is 11.8 Å². The molecule has 1 aliphatic rings. The molecule has 1 amide bonds. The molecule has 0 aromatic carbocycles. The molecule has 0 radical (unpaired) electrons. The van der Waals surface area contributed by atoms with Gasteiger partial charge in [-0.2, -0.15) is 0 Å². The molecule has 0 spiro atoms. The van der Waals surface area contributed by atoms with Gasteiger partial charge in [0, 0.05) is 13.0 Å². The zero-order valence-electron chi connectivity index (χ0n) is 12.0. The van der Waals surface area contributed by atoms with Gasteiger partial charge in [0.1, 0.15) is 6.04 Å². The molecule has 1 aliphatic heterocycles. The molecular weight excluding hydrogens is 244 g/mol. The van der Waals surface area contributed by atoms with Gasteiger partial charge in [0.2, 0.25) is 5.91 Å². The van der Waals surface area contributed by atoms with Crippen molar-refractivity contribution in [2.75, 3.05) is 13.1 Å². The number of aliphatic carboxylic acids is 1. The van der Waals surface area contributed by atoms with Crippen LogP contribution in [0.25, 0.3) is 0 Å². The quantitative estimate of drug-likeness (QED) is 0.765. The fourth-order valence-electron chi connectivity index (χ4n) is 2.78. The maximum Gasteiger partial charge on any atom is 0.326 e. The number of hydrogen-bond donors (Lipinski definition) is 2. The van der Waals surface area contributed by atoms with E-state index in [2.05, 4.69) is 13.8 Å². The third-order valence-electron chi connectivity index (χ3n) is 3.71. The van der Waals surface area contributed by atoms with Crippen molar-refractivity contribution < 1.29 is 14.7 Å². The van der Waals surface area contributed by atoms with Crippen LogP contribution in [0, 0.1) is 11.8 Å². The van der Waals surface area contributed by atoms with Gasteiger partial charge in [-0.15, -0.1) is 0 Å². The van der Waals surface area contributed by atoms with Crippen LogP contribution in [0.1, 0.15) is 46.0 Å². The van der Waals surface area contributed by atoms with Gasteiger partial charge in [0.25, 0.3) is 0 Å². The summed E-state index contributed by atoms with van der Waals surface area (Å²) in [5.74, 6) is -0.286. The summed E-state index contributed by atoms with van der Waals surface area (Å²) in [5.41, 5.74) is 5.71. The Labute approximate surface area is 115 Å². The number of likely N-dealkylation sites (tertiary alicyclic amines) is 1. The van der Waals surface area contributed by atoms with Gasteiger partial charge in [-0.1, -0.05) is 13.8 Å². The summed E-state index contributed by atoms with van der Waals surface area (Å²) in [6.45, 7) is 5.26. The van der Waals surface area contributed by atoms with Crippen LogP contribution in [0.4, 0.5) is 0 Å². The van der Waals surface area contributed by atoms with Crippen LogP contribution in [-0.4, -0.2) is 41.0 Å². The smallest absolute Gasteiger partial charge is 0.326 e. The lowest BCUT2D eigenvalue weighted by atomic mass is 9.92. The van der Waals surface area contributed by atoms with E-state index >= 15 is 0 Å². The Balaban J connectivity index is 2.61. The van der Waals surface area contributed by atoms with Crippen LogP contribution in [0.2, 0.25) is 0 Å². The number of carboxylic acid groups (broad SMARTS) is 1. The minimum Gasteiger partial charge on any atom is -0.480 e. The highest BCUT2D eigenvalue weighted by molar-refractivity contribution is 5.84. The highest BCUT2D eigenvalue weighted by Crippen LogP contribution is 2.21. The van der Waals surface area contributed by atoms with Crippen LogP contribution < -0.4 is 5.73 Å². The lowest BCUT2D eigenvalue weighted by molar-refractivity contribution is -0.152. The first-order chi connectivity index (χ1) is 8.95. The van der Waals surface area contributed by atoms with Gasteiger partial charge in [0.15, 0.2) is 0 Å². The second kappa shape index (κ2) is 7.48. The molecule has 5 nitrogen and oxygen atoms in total. The number of nitrogens with two attached hydrogens (primary N) is 1. The van der Waals surface area contributed by atoms with E-state index in [9.17, 15) is 14.7 Å². The molecule has 0 aliphatic carbocycles. The van der Waals surface area contributed by atoms with Crippen molar-refractivity contribution in [2.24, 2.45) is 17.6 Å². The minimum atomic E-state index is -0.888. The van der Waals surface area contributed by atoms with Crippen molar-refractivity contribution in [3.05, 3.63) is 0 Å². The van der Waals surface area contributed by atoms with E-state index in [4.69, 9.17) is 5.73 Å². The highest BCUT2D eigenvalue weighted by atomic mass is 16.4. The molecule has 1 saturated heterocycles. The van der Waals surface area contributed by atoms with Crippen LogP contribution in [0.3, 0.4) is 0 Å². The highest BCUT2D eigenvalue weighted by Gasteiger charge is 2.32. The third-order valence-corrected chi connectivity index (χ3v) is 3.71. The van der Waals surface area contributed by atoms with Crippen molar-refractivity contribution in [2.45, 2.75) is 52.0 Å². The fraction of sp³-hybridized carbons (Fsp3) is 0.857. The van der Waals surface area contributed by atoms with Crippen molar-refractivity contribution >= 4 is 11.9 Å². The summed E-state index contributed by atoms with van der Waals surface area (Å²) in [6, 6.07) is -0.640. The third kappa shape index (κ3) is 4.82. The average molecular weight is 270 g/mol. The second-order valence-electron chi connectivity index (χ2n) is 5.87. The van der Waals surface area contributed by atoms with E-state index < -0.39 is 12.0 Å². The topological polar surface area (TPSA) is 83.6 Å². The van der Waals surface area contributed by atoms with Gasteiger partial charge >= 0.3 is 5.97 Å². The first-order valence-corrected chi connectivity index (χ1v) is 7.18. The molecule has 0 saturated carbocycles. The van der Waals surface area contributed by atoms with Crippen LogP contribution in [0.5, 0.6) is 0 Å². The second-order valence-corrected chi connectivity index (χ2v) is 5.87. The molecule has 1 rings (SSSR count). The zero-order valence-corrected chi connectivity index (χ0v) is 12.0. The number of carbonyl (C=O) groups is 2. The van der Waals surface area contributed by atoms with Crippen LogP contribution in [-0.2, 0) is 9.59 Å². The number of carboxylic acids is 1. The largest absolute Gasteiger partial charge is 0.480 e. The normalized spacial score (nSPS) is 21.5. The number of carbonyl (C=O) groups excluding carboxylic acids is 1. The summed E-state index contributed by atoms with van der Waals surface area (Å²) < 4.78 is 0. The van der Waals surface area contributed by atoms with Gasteiger partial charge in [-0.25, -0.2) is 4.79 Å². The maximum absolute atomic E-state index is 12.3. The summed E-state index contributed by atoms with van der Waals surface area (Å²) in [7, 11) is 0. The molecule has 1 heterocycles. The van der Waals surface area contributed by atoms with Crippen LogP contribution >= 0.6 is 0 Å². The first-order valence-electron chi connectivity index (χ1n) is 7.18. The van der Waals surface area contributed by atoms with Crippen molar-refractivity contribution in [3.63, 3.8) is 0 Å². The molecule has 3 N–H and O–H groups in total. The molecule has 1 fully saturated rings. The predicted octanol–water partition coefficient (Wildman–Crippen LogP) is 1.46. The van der Waals surface area contributed by atoms with Crippen molar-refractivity contribution in [1.29, 1.82) is 0 Å². The van der Waals surface area contributed by atoms with Crippen LogP contribution in [0.15, 0.2) is 0 Å². The van der Waals surface area contributed by atoms with E-state index in [1.165, 1.54) is 4.90 Å². The number of rotatable bonds is 6. The van der Waals surface area contributed by atoms with Gasteiger partial charge < -0.3 is 15.7 Å². The van der Waals surface area contributed by atoms with Crippen molar-refractivity contribution in [1.82, 2.24) is 4.90 Å². The molecule has 5 heteroatoms. The maximum atomic E-state index is 12.3. The van der Waals surface area contributed by atoms with E-state index in [1.807, 2.05) is 0 Å². The Morgan fingerprint density at radius 1 is 1.37 bits per heavy atom. The number of piperidine rings is 1. The standard InChI is InChI=1S/C14H26N2O3/c1-10(2)7-11(9-15)8-13(17)16-6-4-3-5-12(16)14(18)19/h10-12H,3-9,15H2,1-2H3,(H,18,19)/t11?,12-/m0/s1. The molecule has 110 valence electrons. The number of nitrogens with zero attached hydrogens (tertiary/aromatic N) is 1. The Bertz CT molecular complexity index is 318. The Hall–Kier alpha value is -1.10. The Morgan fingerprint density at radius 2 is 2.05 bits per heavy atom. The van der Waals surface area contributed by atoms with E-state index in [1.54, 1.807) is 0 Å². The van der Waals surface area contributed by atoms with Gasteiger partial charge in [-0.05, 0) is 44.1 Å². The van der Waals surface area contributed by atoms with Gasteiger partial charge in [-0.3, -0.25) is 4.79 Å². The molecule has 0 aromatic rings. The number of amides is 1. The summed E-state index contributed by atoms with van der Waals surface area (Å²) >= 11 is 0. The monoisotopic (exact) mass is 270 g/mol. The fourth-order valence-corrected chi connectivity index (χ4v) is 2.78. The summed E-state index contributed by atoms with van der Waals surface area (Å²) in [5, 5.41) is 9.18.